The second-order valence-corrected chi connectivity index (χ2v) is 3.79. The van der Waals surface area contributed by atoms with Crippen molar-refractivity contribution < 1.29 is 20.1 Å². The van der Waals surface area contributed by atoms with Gasteiger partial charge >= 0.3 is 5.69 Å². The largest absolute Gasteiger partial charge is 0.394 e. The van der Waals surface area contributed by atoms with Gasteiger partial charge in [0, 0.05) is 6.20 Å². The van der Waals surface area contributed by atoms with E-state index in [4.69, 9.17) is 9.84 Å². The van der Waals surface area contributed by atoms with E-state index in [1.165, 1.54) is 0 Å². The summed E-state index contributed by atoms with van der Waals surface area (Å²) < 4.78 is 5.15. The maximum atomic E-state index is 11.5. The van der Waals surface area contributed by atoms with Gasteiger partial charge in [-0.05, 0) is 0 Å². The van der Waals surface area contributed by atoms with Crippen LogP contribution in [0.25, 0.3) is 0 Å². The third-order valence-electron chi connectivity index (χ3n) is 2.70. The molecular formula is C9H12N2O6. The van der Waals surface area contributed by atoms with Crippen molar-refractivity contribution in [3.8, 4) is 0 Å². The SMILES string of the molecule is O=c1[nH]cc([C@@H]2O[C@H](CO)[C@H](O)[C@@H]2O)c(=O)[nH]1. The Kier molecular flexibility index (Phi) is 3.11. The predicted octanol–water partition coefficient (Wildman–Crippen LogP) is -2.78. The lowest BCUT2D eigenvalue weighted by molar-refractivity contribution is -0.0232. The Morgan fingerprint density at radius 1 is 1.29 bits per heavy atom. The van der Waals surface area contributed by atoms with Crippen LogP contribution in [-0.4, -0.2) is 50.2 Å². The fraction of sp³-hybridized carbons (Fsp3) is 0.556. The number of aromatic nitrogens is 2. The van der Waals surface area contributed by atoms with E-state index in [2.05, 4.69) is 4.98 Å². The molecule has 0 spiro atoms. The van der Waals surface area contributed by atoms with Gasteiger partial charge in [0.15, 0.2) is 0 Å². The first kappa shape index (κ1) is 12.0. The summed E-state index contributed by atoms with van der Waals surface area (Å²) in [5.74, 6) is 0. The lowest BCUT2D eigenvalue weighted by Gasteiger charge is -2.13. The summed E-state index contributed by atoms with van der Waals surface area (Å²) in [4.78, 5) is 26.5. The first-order valence-electron chi connectivity index (χ1n) is 4.99. The third kappa shape index (κ3) is 2.03. The van der Waals surface area contributed by atoms with Crippen LogP contribution in [-0.2, 0) is 4.74 Å². The van der Waals surface area contributed by atoms with Crippen molar-refractivity contribution in [1.82, 2.24) is 9.97 Å². The van der Waals surface area contributed by atoms with Crippen LogP contribution in [0.15, 0.2) is 15.8 Å². The molecule has 1 fully saturated rings. The number of nitrogens with one attached hydrogen (secondary N) is 2. The Labute approximate surface area is 94.5 Å². The first-order valence-corrected chi connectivity index (χ1v) is 4.99. The molecular weight excluding hydrogens is 232 g/mol. The Morgan fingerprint density at radius 2 is 2.00 bits per heavy atom. The van der Waals surface area contributed by atoms with Gasteiger partial charge in [-0.3, -0.25) is 9.78 Å². The van der Waals surface area contributed by atoms with Gasteiger partial charge in [0.1, 0.15) is 24.4 Å². The molecule has 1 aromatic rings. The Morgan fingerprint density at radius 3 is 2.53 bits per heavy atom. The van der Waals surface area contributed by atoms with E-state index in [9.17, 15) is 19.8 Å². The van der Waals surface area contributed by atoms with Crippen LogP contribution in [0.1, 0.15) is 11.7 Å². The van der Waals surface area contributed by atoms with Crippen molar-refractivity contribution in [2.45, 2.75) is 24.4 Å². The Bertz CT molecular complexity index is 509. The molecule has 0 bridgehead atoms. The number of H-pyrrole nitrogens is 2. The van der Waals surface area contributed by atoms with E-state index in [0.29, 0.717) is 0 Å². The van der Waals surface area contributed by atoms with Gasteiger partial charge in [0.05, 0.1) is 12.2 Å². The minimum Gasteiger partial charge on any atom is -0.394 e. The van der Waals surface area contributed by atoms with E-state index >= 15 is 0 Å². The van der Waals surface area contributed by atoms with Crippen LogP contribution in [0.5, 0.6) is 0 Å². The molecule has 2 heterocycles. The topological polar surface area (TPSA) is 136 Å². The molecule has 4 atom stereocenters. The minimum absolute atomic E-state index is 0.00731. The average molecular weight is 244 g/mol. The zero-order valence-electron chi connectivity index (χ0n) is 8.66. The summed E-state index contributed by atoms with van der Waals surface area (Å²) >= 11 is 0. The Hall–Kier alpha value is -1.48. The summed E-state index contributed by atoms with van der Waals surface area (Å²) in [5, 5.41) is 28.1. The fourth-order valence-electron chi connectivity index (χ4n) is 1.79. The maximum absolute atomic E-state index is 11.5. The van der Waals surface area contributed by atoms with Gasteiger partial charge in [0.2, 0.25) is 0 Å². The number of aromatic amines is 2. The van der Waals surface area contributed by atoms with Crippen LogP contribution < -0.4 is 11.2 Å². The van der Waals surface area contributed by atoms with E-state index in [0.717, 1.165) is 6.20 Å². The smallest absolute Gasteiger partial charge is 0.325 e. The van der Waals surface area contributed by atoms with Crippen molar-refractivity contribution in [2.24, 2.45) is 0 Å². The molecule has 0 amide bonds. The lowest BCUT2D eigenvalue weighted by Crippen LogP contribution is -2.34. The van der Waals surface area contributed by atoms with E-state index < -0.39 is 42.3 Å². The van der Waals surface area contributed by atoms with Gasteiger partial charge in [-0.2, -0.15) is 0 Å². The highest BCUT2D eigenvalue weighted by Crippen LogP contribution is 2.31. The maximum Gasteiger partial charge on any atom is 0.325 e. The fourth-order valence-corrected chi connectivity index (χ4v) is 1.79. The molecule has 94 valence electrons. The average Bonchev–Trinajstić information content (AvgIpc) is 2.57. The van der Waals surface area contributed by atoms with Gasteiger partial charge < -0.3 is 25.0 Å². The third-order valence-corrected chi connectivity index (χ3v) is 2.70. The monoisotopic (exact) mass is 244 g/mol. The summed E-state index contributed by atoms with van der Waals surface area (Å²) in [5.41, 5.74) is -1.39. The quantitative estimate of drug-likeness (QED) is 0.382. The Balaban J connectivity index is 2.35. The number of rotatable bonds is 2. The van der Waals surface area contributed by atoms with E-state index in [-0.39, 0.29) is 5.56 Å². The predicted molar refractivity (Wildman–Crippen MR) is 54.4 cm³/mol. The molecule has 1 aromatic heterocycles. The van der Waals surface area contributed by atoms with Crippen molar-refractivity contribution in [3.05, 3.63) is 32.6 Å². The molecule has 0 unspecified atom stereocenters. The normalized spacial score (nSPS) is 32.9. The molecule has 8 nitrogen and oxygen atoms in total. The molecule has 1 saturated heterocycles. The molecule has 0 aromatic carbocycles. The van der Waals surface area contributed by atoms with E-state index in [1.54, 1.807) is 0 Å². The molecule has 0 saturated carbocycles. The minimum atomic E-state index is -1.33. The first-order chi connectivity index (χ1) is 8.04. The highest BCUT2D eigenvalue weighted by atomic mass is 16.6. The van der Waals surface area contributed by atoms with Gasteiger partial charge in [0.25, 0.3) is 5.56 Å². The molecule has 0 aliphatic carbocycles. The van der Waals surface area contributed by atoms with Gasteiger partial charge in [-0.1, -0.05) is 0 Å². The van der Waals surface area contributed by atoms with Gasteiger partial charge in [-0.15, -0.1) is 0 Å². The molecule has 1 aliphatic rings. The van der Waals surface area contributed by atoms with Crippen LogP contribution in [0.2, 0.25) is 0 Å². The standard InChI is InChI=1S/C9H12N2O6/c12-2-4-5(13)6(14)7(17-4)3-1-10-9(16)11-8(3)15/h1,4-7,12-14H,2H2,(H2,10,11,15,16)/t4-,5+,6+,7+/m1/s1. The van der Waals surface area contributed by atoms with Crippen molar-refractivity contribution in [2.75, 3.05) is 6.61 Å². The number of aliphatic hydroxyl groups is 3. The molecule has 8 heteroatoms. The molecule has 5 N–H and O–H groups in total. The number of aliphatic hydroxyl groups excluding tert-OH is 3. The summed E-state index contributed by atoms with van der Waals surface area (Å²) in [7, 11) is 0. The molecule has 0 radical (unpaired) electrons. The van der Waals surface area contributed by atoms with Crippen LogP contribution in [0.3, 0.4) is 0 Å². The molecule has 2 rings (SSSR count). The molecule has 1 aliphatic heterocycles. The zero-order chi connectivity index (χ0) is 12.6. The lowest BCUT2D eigenvalue weighted by atomic mass is 10.0. The van der Waals surface area contributed by atoms with Crippen molar-refractivity contribution in [1.29, 1.82) is 0 Å². The van der Waals surface area contributed by atoms with Crippen molar-refractivity contribution >= 4 is 0 Å². The molecule has 17 heavy (non-hydrogen) atoms. The highest BCUT2D eigenvalue weighted by molar-refractivity contribution is 5.13. The number of hydrogen-bond acceptors (Lipinski definition) is 6. The summed E-state index contributed by atoms with van der Waals surface area (Å²) in [6, 6.07) is 0. The zero-order valence-corrected chi connectivity index (χ0v) is 8.66. The van der Waals surface area contributed by atoms with E-state index in [1.807, 2.05) is 4.98 Å². The summed E-state index contributed by atoms with van der Waals surface area (Å²) in [6.45, 7) is -0.476. The van der Waals surface area contributed by atoms with Crippen LogP contribution in [0.4, 0.5) is 0 Å². The van der Waals surface area contributed by atoms with Crippen LogP contribution in [0, 0.1) is 0 Å². The van der Waals surface area contributed by atoms with Crippen molar-refractivity contribution in [3.63, 3.8) is 0 Å². The van der Waals surface area contributed by atoms with Crippen LogP contribution >= 0.6 is 0 Å². The van der Waals surface area contributed by atoms with Gasteiger partial charge in [-0.25, -0.2) is 4.79 Å². The summed E-state index contributed by atoms with van der Waals surface area (Å²) in [6.07, 6.45) is -3.54. The second-order valence-electron chi connectivity index (χ2n) is 3.79. The number of hydrogen-bond donors (Lipinski definition) is 5. The number of ether oxygens (including phenoxy) is 1. The highest BCUT2D eigenvalue weighted by Gasteiger charge is 2.44. The second kappa shape index (κ2) is 4.41.